The van der Waals surface area contributed by atoms with E-state index in [-0.39, 0.29) is 18.2 Å². The Balaban J connectivity index is 0.00000231. The van der Waals surface area contributed by atoms with Crippen LogP contribution in [-0.2, 0) is 13.1 Å². The number of nitrogens with zero attached hydrogens (tertiary/aromatic N) is 5. The van der Waals surface area contributed by atoms with Gasteiger partial charge in [0.05, 0.1) is 23.8 Å². The number of benzene rings is 2. The van der Waals surface area contributed by atoms with Crippen molar-refractivity contribution in [3.63, 3.8) is 0 Å². The lowest BCUT2D eigenvalue weighted by Gasteiger charge is -2.10. The van der Waals surface area contributed by atoms with Crippen LogP contribution in [0.5, 0.6) is 0 Å². The van der Waals surface area contributed by atoms with Gasteiger partial charge in [0, 0.05) is 30.1 Å². The number of fused-ring (bicyclic) bond motifs is 1. The highest BCUT2D eigenvalue weighted by molar-refractivity contribution is 5.85. The van der Waals surface area contributed by atoms with E-state index in [0.717, 1.165) is 40.3 Å². The molecule has 3 heterocycles. The van der Waals surface area contributed by atoms with Gasteiger partial charge in [-0.1, -0.05) is 12.1 Å². The maximum atomic E-state index is 13.7. The molecule has 0 spiro atoms. The molecule has 0 radical (unpaired) electrons. The first-order chi connectivity index (χ1) is 14.6. The summed E-state index contributed by atoms with van der Waals surface area (Å²) in [6, 6.07) is 12.5. The molecule has 2 aromatic carbocycles. The van der Waals surface area contributed by atoms with Crippen molar-refractivity contribution in [2.45, 2.75) is 26.9 Å². The fourth-order valence-electron chi connectivity index (χ4n) is 3.75. The zero-order chi connectivity index (χ0) is 20.7. The van der Waals surface area contributed by atoms with Crippen LogP contribution in [0.2, 0.25) is 0 Å². The van der Waals surface area contributed by atoms with Gasteiger partial charge < -0.3 is 13.6 Å². The summed E-state index contributed by atoms with van der Waals surface area (Å²) < 4.78 is 23.5. The van der Waals surface area contributed by atoms with E-state index < -0.39 is 0 Å². The zero-order valence-electron chi connectivity index (χ0n) is 17.1. The number of aromatic nitrogens is 5. The molecular formula is C23H21ClFN5O. The van der Waals surface area contributed by atoms with Crippen molar-refractivity contribution >= 4 is 23.4 Å². The highest BCUT2D eigenvalue weighted by Crippen LogP contribution is 2.26. The number of halogens is 2. The van der Waals surface area contributed by atoms with Gasteiger partial charge in [0.2, 0.25) is 5.89 Å². The maximum absolute atomic E-state index is 13.7. The molecule has 5 rings (SSSR count). The van der Waals surface area contributed by atoms with Crippen LogP contribution in [0.25, 0.3) is 33.9 Å². The highest BCUT2D eigenvalue weighted by atomic mass is 35.5. The first-order valence-corrected chi connectivity index (χ1v) is 9.81. The summed E-state index contributed by atoms with van der Waals surface area (Å²) in [4.78, 5) is 13.6. The Morgan fingerprint density at radius 3 is 2.68 bits per heavy atom. The number of imidazole rings is 2. The van der Waals surface area contributed by atoms with Gasteiger partial charge in [0.1, 0.15) is 23.2 Å². The van der Waals surface area contributed by atoms with Crippen molar-refractivity contribution in [1.82, 2.24) is 24.1 Å². The number of rotatable bonds is 5. The maximum Gasteiger partial charge on any atom is 0.226 e. The molecule has 0 amide bonds. The molecule has 8 heteroatoms. The minimum absolute atomic E-state index is 0. The van der Waals surface area contributed by atoms with Crippen LogP contribution in [0.15, 0.2) is 65.5 Å². The number of hydrogen-bond acceptors (Lipinski definition) is 4. The molecule has 0 bridgehead atoms. The molecule has 3 aromatic heterocycles. The van der Waals surface area contributed by atoms with Gasteiger partial charge in [0.25, 0.3) is 0 Å². The molecule has 0 N–H and O–H groups in total. The van der Waals surface area contributed by atoms with Crippen LogP contribution in [0.1, 0.15) is 18.5 Å². The molecular weight excluding hydrogens is 417 g/mol. The fraction of sp³-hybridized carbons (Fsp3) is 0.174. The summed E-state index contributed by atoms with van der Waals surface area (Å²) >= 11 is 0. The molecule has 158 valence electrons. The van der Waals surface area contributed by atoms with Crippen molar-refractivity contribution in [1.29, 1.82) is 0 Å². The standard InChI is InChI=1S/C23H20FN5O.ClH/c1-3-29-20-8-7-17(23-26-13-15(2)30-23)12-19(20)27-21(29)14-28-10-9-25-22(28)16-5-4-6-18(24)11-16;/h4-13H,3,14H2,1-2H3;1H. The smallest absolute Gasteiger partial charge is 0.226 e. The van der Waals surface area contributed by atoms with Gasteiger partial charge in [-0.05, 0) is 44.2 Å². The van der Waals surface area contributed by atoms with E-state index in [0.29, 0.717) is 18.3 Å². The number of hydrogen-bond donors (Lipinski definition) is 0. The number of oxazole rings is 1. The number of aryl methyl sites for hydroxylation is 2. The minimum atomic E-state index is -0.280. The molecule has 6 nitrogen and oxygen atoms in total. The Hall–Kier alpha value is -3.45. The average molecular weight is 438 g/mol. The summed E-state index contributed by atoms with van der Waals surface area (Å²) in [5.74, 6) is 2.70. The fourth-order valence-corrected chi connectivity index (χ4v) is 3.75. The normalized spacial score (nSPS) is 11.1. The third-order valence-corrected chi connectivity index (χ3v) is 5.12. The first kappa shape index (κ1) is 20.8. The lowest BCUT2D eigenvalue weighted by Crippen LogP contribution is -2.08. The molecule has 0 unspecified atom stereocenters. The van der Waals surface area contributed by atoms with E-state index in [4.69, 9.17) is 9.40 Å². The molecule has 5 aromatic rings. The van der Waals surface area contributed by atoms with Gasteiger partial charge in [0.15, 0.2) is 0 Å². The second-order valence-corrected chi connectivity index (χ2v) is 7.14. The monoisotopic (exact) mass is 437 g/mol. The van der Waals surface area contributed by atoms with Gasteiger partial charge in [-0.15, -0.1) is 12.4 Å². The molecule has 0 saturated heterocycles. The van der Waals surface area contributed by atoms with E-state index in [1.165, 1.54) is 12.1 Å². The van der Waals surface area contributed by atoms with Gasteiger partial charge in [-0.2, -0.15) is 0 Å². The van der Waals surface area contributed by atoms with Crippen molar-refractivity contribution in [2.24, 2.45) is 0 Å². The second kappa shape index (κ2) is 8.35. The van der Waals surface area contributed by atoms with Crippen LogP contribution in [-0.4, -0.2) is 24.1 Å². The molecule has 0 aliphatic carbocycles. The van der Waals surface area contributed by atoms with E-state index in [1.54, 1.807) is 18.5 Å². The lowest BCUT2D eigenvalue weighted by atomic mass is 10.2. The first-order valence-electron chi connectivity index (χ1n) is 9.81. The van der Waals surface area contributed by atoms with Crippen LogP contribution in [0.4, 0.5) is 4.39 Å². The highest BCUT2D eigenvalue weighted by Gasteiger charge is 2.15. The summed E-state index contributed by atoms with van der Waals surface area (Å²) in [6.45, 7) is 5.28. The summed E-state index contributed by atoms with van der Waals surface area (Å²) in [6.07, 6.45) is 5.32. The molecule has 0 atom stereocenters. The molecule has 0 aliphatic heterocycles. The van der Waals surface area contributed by atoms with Crippen LogP contribution in [0.3, 0.4) is 0 Å². The lowest BCUT2D eigenvalue weighted by molar-refractivity contribution is 0.542. The average Bonchev–Trinajstić information content (AvgIpc) is 3.45. The van der Waals surface area contributed by atoms with Gasteiger partial charge >= 0.3 is 0 Å². The summed E-state index contributed by atoms with van der Waals surface area (Å²) in [5.41, 5.74) is 3.56. The van der Waals surface area contributed by atoms with Crippen molar-refractivity contribution in [3.8, 4) is 22.8 Å². The van der Waals surface area contributed by atoms with E-state index in [2.05, 4.69) is 21.5 Å². The van der Waals surface area contributed by atoms with Crippen molar-refractivity contribution < 1.29 is 8.81 Å². The van der Waals surface area contributed by atoms with Gasteiger partial charge in [-0.25, -0.2) is 19.3 Å². The van der Waals surface area contributed by atoms with Crippen LogP contribution >= 0.6 is 12.4 Å². The van der Waals surface area contributed by atoms with Gasteiger partial charge in [-0.3, -0.25) is 0 Å². The Morgan fingerprint density at radius 1 is 1.06 bits per heavy atom. The van der Waals surface area contributed by atoms with E-state index >= 15 is 0 Å². The third kappa shape index (κ3) is 3.84. The quantitative estimate of drug-likeness (QED) is 0.364. The minimum Gasteiger partial charge on any atom is -0.441 e. The molecule has 0 fully saturated rings. The Labute approximate surface area is 184 Å². The van der Waals surface area contributed by atoms with Crippen LogP contribution in [0, 0.1) is 12.7 Å². The van der Waals surface area contributed by atoms with E-state index in [1.807, 2.05) is 42.0 Å². The predicted octanol–water partition coefficient (Wildman–Crippen LogP) is 5.49. The topological polar surface area (TPSA) is 61.7 Å². The molecule has 31 heavy (non-hydrogen) atoms. The Bertz CT molecular complexity index is 1350. The van der Waals surface area contributed by atoms with Crippen molar-refractivity contribution in [3.05, 3.63) is 78.5 Å². The zero-order valence-corrected chi connectivity index (χ0v) is 17.9. The molecule has 0 saturated carbocycles. The Kier molecular flexibility index (Phi) is 5.61. The van der Waals surface area contributed by atoms with Crippen LogP contribution < -0.4 is 0 Å². The van der Waals surface area contributed by atoms with E-state index in [9.17, 15) is 4.39 Å². The SMILES string of the molecule is CCn1c(Cn2ccnc2-c2cccc(F)c2)nc2cc(-c3ncc(C)o3)ccc21.Cl. The summed E-state index contributed by atoms with van der Waals surface area (Å²) in [5, 5.41) is 0. The second-order valence-electron chi connectivity index (χ2n) is 7.14. The molecule has 0 aliphatic rings. The third-order valence-electron chi connectivity index (χ3n) is 5.12. The Morgan fingerprint density at radius 2 is 1.94 bits per heavy atom. The van der Waals surface area contributed by atoms with Crippen molar-refractivity contribution in [2.75, 3.05) is 0 Å². The summed E-state index contributed by atoms with van der Waals surface area (Å²) in [7, 11) is 0. The largest absolute Gasteiger partial charge is 0.441 e. The predicted molar refractivity (Wildman–Crippen MR) is 120 cm³/mol.